The van der Waals surface area contributed by atoms with Crippen LogP contribution in [0.25, 0.3) is 0 Å². The van der Waals surface area contributed by atoms with Crippen LogP contribution in [0.5, 0.6) is 0 Å². The summed E-state index contributed by atoms with van der Waals surface area (Å²) in [5.74, 6) is -2.33. The van der Waals surface area contributed by atoms with Crippen molar-refractivity contribution in [3.63, 3.8) is 0 Å². The summed E-state index contributed by atoms with van der Waals surface area (Å²) in [6, 6.07) is 13.6. The first kappa shape index (κ1) is 22.2. The molecular weight excluding hydrogens is 499 g/mol. The molecule has 2 aromatic carbocycles. The standard InChI is InChI=1S/C22H22BrFN4O5/c23-21(28(30)31)13-32-22(33-14-21)18-3-1-2-4-19(18)27(20(22)29)15-25-9-11-26(12-10-25)17-7-5-16(24)6-8-17/h1-8H,9-15H2. The second-order valence-corrected chi connectivity index (χ2v) is 9.82. The van der Waals surface area contributed by atoms with Gasteiger partial charge >= 0.3 is 4.45 Å². The molecule has 0 aliphatic carbocycles. The van der Waals surface area contributed by atoms with E-state index >= 15 is 0 Å². The minimum atomic E-state index is -1.68. The summed E-state index contributed by atoms with van der Waals surface area (Å²) in [6.07, 6.45) is 0. The lowest BCUT2D eigenvalue weighted by atomic mass is 10.1. The Morgan fingerprint density at radius 1 is 1.03 bits per heavy atom. The molecule has 174 valence electrons. The van der Waals surface area contributed by atoms with Crippen LogP contribution in [0, 0.1) is 15.9 Å². The third-order valence-corrected chi connectivity index (χ3v) is 7.05. The molecule has 0 saturated carbocycles. The summed E-state index contributed by atoms with van der Waals surface area (Å²) in [7, 11) is 0. The number of nitrogens with zero attached hydrogens (tertiary/aromatic N) is 4. The summed E-state index contributed by atoms with van der Waals surface area (Å²) >= 11 is 3.07. The molecule has 3 aliphatic heterocycles. The van der Waals surface area contributed by atoms with Crippen LogP contribution in [0.4, 0.5) is 15.8 Å². The van der Waals surface area contributed by atoms with Crippen molar-refractivity contribution >= 4 is 33.2 Å². The van der Waals surface area contributed by atoms with Gasteiger partial charge in [-0.1, -0.05) is 18.2 Å². The Kier molecular flexibility index (Phi) is 5.60. The number of anilines is 2. The Balaban J connectivity index is 1.30. The van der Waals surface area contributed by atoms with E-state index in [1.165, 1.54) is 12.1 Å². The van der Waals surface area contributed by atoms with Crippen LogP contribution in [0.1, 0.15) is 5.56 Å². The maximum Gasteiger partial charge on any atom is 0.320 e. The van der Waals surface area contributed by atoms with Crippen molar-refractivity contribution in [2.75, 3.05) is 55.9 Å². The molecule has 2 saturated heterocycles. The normalized spacial score (nSPS) is 27.8. The molecule has 0 radical (unpaired) electrons. The summed E-state index contributed by atoms with van der Waals surface area (Å²) in [5.41, 5.74) is 2.19. The largest absolute Gasteiger partial charge is 0.369 e. The summed E-state index contributed by atoms with van der Waals surface area (Å²) in [6.45, 7) is 2.64. The number of halogens is 2. The number of para-hydroxylation sites is 1. The Hall–Kier alpha value is -2.60. The van der Waals surface area contributed by atoms with Crippen molar-refractivity contribution in [1.82, 2.24) is 4.90 Å². The topological polar surface area (TPSA) is 88.4 Å². The van der Waals surface area contributed by atoms with Crippen LogP contribution in [0.2, 0.25) is 0 Å². The molecule has 0 unspecified atom stereocenters. The summed E-state index contributed by atoms with van der Waals surface area (Å²) in [4.78, 5) is 30.3. The Labute approximate surface area is 197 Å². The number of amides is 1. The number of ether oxygens (including phenoxy) is 2. The number of alkyl halides is 1. The molecule has 0 bridgehead atoms. The highest BCUT2D eigenvalue weighted by molar-refractivity contribution is 9.10. The molecule has 5 rings (SSSR count). The first-order valence-corrected chi connectivity index (χ1v) is 11.4. The van der Waals surface area contributed by atoms with Gasteiger partial charge in [-0.3, -0.25) is 24.7 Å². The highest BCUT2D eigenvalue weighted by atomic mass is 79.9. The first-order chi connectivity index (χ1) is 15.8. The van der Waals surface area contributed by atoms with E-state index < -0.39 is 15.2 Å². The van der Waals surface area contributed by atoms with Gasteiger partial charge in [-0.05, 0) is 30.3 Å². The fourth-order valence-corrected chi connectivity index (χ4v) is 4.65. The highest BCUT2D eigenvalue weighted by Crippen LogP contribution is 2.47. The average molecular weight is 521 g/mol. The Morgan fingerprint density at radius 3 is 2.30 bits per heavy atom. The molecule has 1 amide bonds. The highest BCUT2D eigenvalue weighted by Gasteiger charge is 2.61. The fraction of sp³-hybridized carbons (Fsp3) is 0.409. The monoisotopic (exact) mass is 520 g/mol. The van der Waals surface area contributed by atoms with Gasteiger partial charge in [-0.25, -0.2) is 4.39 Å². The molecule has 9 nitrogen and oxygen atoms in total. The van der Waals surface area contributed by atoms with Crippen LogP contribution in [-0.4, -0.2) is 66.2 Å². The smallest absolute Gasteiger partial charge is 0.320 e. The summed E-state index contributed by atoms with van der Waals surface area (Å²) in [5, 5.41) is 11.4. The zero-order valence-electron chi connectivity index (χ0n) is 17.7. The number of rotatable bonds is 4. The van der Waals surface area contributed by atoms with E-state index in [4.69, 9.17) is 9.47 Å². The average Bonchev–Trinajstić information content (AvgIpc) is 3.05. The van der Waals surface area contributed by atoms with Crippen molar-refractivity contribution < 1.29 is 23.6 Å². The molecular formula is C22H22BrFN4O5. The molecule has 2 aromatic rings. The van der Waals surface area contributed by atoms with E-state index in [9.17, 15) is 19.3 Å². The number of hydrogen-bond donors (Lipinski definition) is 0. The zero-order chi connectivity index (χ0) is 23.2. The lowest BCUT2D eigenvalue weighted by Crippen LogP contribution is -2.57. The van der Waals surface area contributed by atoms with Gasteiger partial charge in [0.05, 0.1) is 12.4 Å². The van der Waals surface area contributed by atoms with Gasteiger partial charge in [-0.2, -0.15) is 0 Å². The van der Waals surface area contributed by atoms with Crippen LogP contribution >= 0.6 is 15.9 Å². The number of nitro groups is 1. The minimum Gasteiger partial charge on any atom is -0.369 e. The number of piperazine rings is 1. The van der Waals surface area contributed by atoms with Gasteiger partial charge in [0.1, 0.15) is 19.0 Å². The van der Waals surface area contributed by atoms with Crippen molar-refractivity contribution in [1.29, 1.82) is 0 Å². The van der Waals surface area contributed by atoms with E-state index in [1.807, 2.05) is 12.1 Å². The Morgan fingerprint density at radius 2 is 1.67 bits per heavy atom. The van der Waals surface area contributed by atoms with E-state index in [2.05, 4.69) is 25.7 Å². The SMILES string of the molecule is O=C1N(CN2CCN(c3ccc(F)cc3)CC2)c2ccccc2C12OCC(Br)([N+](=O)[O-])CO2. The summed E-state index contributed by atoms with van der Waals surface area (Å²) < 4.78 is 23.2. The van der Waals surface area contributed by atoms with Gasteiger partial charge in [0.15, 0.2) is 0 Å². The number of carbonyl (C=O) groups is 1. The quantitative estimate of drug-likeness (QED) is 0.265. The first-order valence-electron chi connectivity index (χ1n) is 10.6. The number of carbonyl (C=O) groups excluding carboxylic acids is 1. The second kappa shape index (κ2) is 8.32. The Bertz CT molecular complexity index is 1070. The van der Waals surface area contributed by atoms with Crippen molar-refractivity contribution in [3.05, 3.63) is 70.0 Å². The van der Waals surface area contributed by atoms with Gasteiger partial charge in [0.25, 0.3) is 11.7 Å². The van der Waals surface area contributed by atoms with Gasteiger partial charge in [-0.15, -0.1) is 0 Å². The zero-order valence-corrected chi connectivity index (χ0v) is 19.2. The number of hydrogen-bond acceptors (Lipinski definition) is 7. The molecule has 0 N–H and O–H groups in total. The van der Waals surface area contributed by atoms with E-state index in [0.717, 1.165) is 18.8 Å². The van der Waals surface area contributed by atoms with Crippen LogP contribution in [0.3, 0.4) is 0 Å². The molecule has 0 aromatic heterocycles. The predicted molar refractivity (Wildman–Crippen MR) is 121 cm³/mol. The minimum absolute atomic E-state index is 0.264. The third kappa shape index (κ3) is 3.78. The third-order valence-electron chi connectivity index (χ3n) is 6.30. The fourth-order valence-electron chi connectivity index (χ4n) is 4.42. The van der Waals surface area contributed by atoms with Crippen molar-refractivity contribution in [2.45, 2.75) is 10.2 Å². The van der Waals surface area contributed by atoms with Crippen molar-refractivity contribution in [3.8, 4) is 0 Å². The lowest BCUT2D eigenvalue weighted by molar-refractivity contribution is -0.561. The molecule has 3 heterocycles. The van der Waals surface area contributed by atoms with E-state index in [1.54, 1.807) is 29.2 Å². The number of fused-ring (bicyclic) bond motifs is 2. The lowest BCUT2D eigenvalue weighted by Gasteiger charge is -2.39. The van der Waals surface area contributed by atoms with E-state index in [0.29, 0.717) is 31.0 Å². The van der Waals surface area contributed by atoms with Gasteiger partial charge < -0.3 is 14.4 Å². The molecule has 3 aliphatic rings. The predicted octanol–water partition coefficient (Wildman–Crippen LogP) is 2.52. The van der Waals surface area contributed by atoms with Crippen LogP contribution < -0.4 is 9.80 Å². The maximum atomic E-state index is 13.5. The number of benzene rings is 2. The maximum absolute atomic E-state index is 13.5. The molecule has 0 atom stereocenters. The second-order valence-electron chi connectivity index (χ2n) is 8.34. The molecule has 33 heavy (non-hydrogen) atoms. The molecule has 1 spiro atoms. The van der Waals surface area contributed by atoms with Crippen LogP contribution in [0.15, 0.2) is 48.5 Å². The molecule has 2 fully saturated rings. The van der Waals surface area contributed by atoms with Crippen molar-refractivity contribution in [2.24, 2.45) is 0 Å². The van der Waals surface area contributed by atoms with Gasteiger partial charge in [0.2, 0.25) is 0 Å². The van der Waals surface area contributed by atoms with E-state index in [-0.39, 0.29) is 24.9 Å². The van der Waals surface area contributed by atoms with Gasteiger partial charge in [0, 0.05) is 58.3 Å². The molecule has 11 heteroatoms. The van der Waals surface area contributed by atoms with Crippen LogP contribution in [-0.2, 0) is 20.1 Å².